The molecule has 0 radical (unpaired) electrons. The van der Waals surface area contributed by atoms with E-state index in [1.54, 1.807) is 0 Å². The molecule has 0 aliphatic carbocycles. The lowest BCUT2D eigenvalue weighted by Gasteiger charge is -2.22. The van der Waals surface area contributed by atoms with Gasteiger partial charge >= 0.3 is 6.18 Å². The number of alkyl halides is 3. The predicted molar refractivity (Wildman–Crippen MR) is 70.7 cm³/mol. The van der Waals surface area contributed by atoms with E-state index in [9.17, 15) is 18.0 Å². The van der Waals surface area contributed by atoms with Crippen molar-refractivity contribution < 1.29 is 18.0 Å². The van der Waals surface area contributed by atoms with E-state index in [-0.39, 0.29) is 22.7 Å². The molecule has 110 valence electrons. The van der Waals surface area contributed by atoms with Crippen molar-refractivity contribution in [1.82, 2.24) is 5.32 Å². The number of hydrogen-bond acceptors (Lipinski definition) is 2. The maximum Gasteiger partial charge on any atom is 0.416 e. The first kappa shape index (κ1) is 15.1. The number of rotatable bonds is 2. The van der Waals surface area contributed by atoms with E-state index < -0.39 is 11.7 Å². The van der Waals surface area contributed by atoms with Crippen molar-refractivity contribution in [3.8, 4) is 0 Å². The van der Waals surface area contributed by atoms with Gasteiger partial charge in [0.1, 0.15) is 0 Å². The molecule has 1 unspecified atom stereocenters. The third-order valence-corrected chi connectivity index (χ3v) is 3.49. The summed E-state index contributed by atoms with van der Waals surface area (Å²) in [5.74, 6) is -0.272. The summed E-state index contributed by atoms with van der Waals surface area (Å²) < 4.78 is 37.5. The minimum Gasteiger partial charge on any atom is -0.323 e. The van der Waals surface area contributed by atoms with Crippen molar-refractivity contribution in [3.05, 3.63) is 28.8 Å². The smallest absolute Gasteiger partial charge is 0.323 e. The maximum absolute atomic E-state index is 12.5. The molecule has 0 bridgehead atoms. The zero-order chi connectivity index (χ0) is 14.8. The van der Waals surface area contributed by atoms with Gasteiger partial charge in [-0.1, -0.05) is 18.0 Å². The van der Waals surface area contributed by atoms with Crippen molar-refractivity contribution in [1.29, 1.82) is 0 Å². The van der Waals surface area contributed by atoms with Crippen LogP contribution in [-0.2, 0) is 11.0 Å². The van der Waals surface area contributed by atoms with Crippen molar-refractivity contribution in [3.63, 3.8) is 0 Å². The van der Waals surface area contributed by atoms with E-state index in [1.165, 1.54) is 6.07 Å². The van der Waals surface area contributed by atoms with Gasteiger partial charge in [0.2, 0.25) is 5.91 Å². The predicted octanol–water partition coefficient (Wildman–Crippen LogP) is 3.44. The van der Waals surface area contributed by atoms with Crippen LogP contribution >= 0.6 is 11.6 Å². The summed E-state index contributed by atoms with van der Waals surface area (Å²) in [5, 5.41) is 5.50. The van der Waals surface area contributed by atoms with Crippen LogP contribution in [0.5, 0.6) is 0 Å². The highest BCUT2D eigenvalue weighted by molar-refractivity contribution is 6.33. The topological polar surface area (TPSA) is 41.1 Å². The van der Waals surface area contributed by atoms with Crippen molar-refractivity contribution >= 4 is 23.2 Å². The highest BCUT2D eigenvalue weighted by Crippen LogP contribution is 2.33. The molecule has 1 aliphatic heterocycles. The number of benzene rings is 1. The second-order valence-corrected chi connectivity index (χ2v) is 5.09. The van der Waals surface area contributed by atoms with Crippen molar-refractivity contribution in [2.75, 3.05) is 11.9 Å². The molecule has 7 heteroatoms. The van der Waals surface area contributed by atoms with E-state index in [2.05, 4.69) is 10.6 Å². The van der Waals surface area contributed by atoms with Crippen LogP contribution in [0.4, 0.5) is 18.9 Å². The molecule has 1 aromatic carbocycles. The Morgan fingerprint density at radius 1 is 1.35 bits per heavy atom. The summed E-state index contributed by atoms with van der Waals surface area (Å²) in [7, 11) is 0. The zero-order valence-corrected chi connectivity index (χ0v) is 11.3. The van der Waals surface area contributed by atoms with Crippen molar-refractivity contribution in [2.45, 2.75) is 31.5 Å². The number of nitrogens with one attached hydrogen (secondary N) is 2. The average molecular weight is 307 g/mol. The van der Waals surface area contributed by atoms with Gasteiger partial charge in [-0.15, -0.1) is 0 Å². The molecule has 1 saturated heterocycles. The average Bonchev–Trinajstić information content (AvgIpc) is 2.41. The zero-order valence-electron chi connectivity index (χ0n) is 10.6. The largest absolute Gasteiger partial charge is 0.416 e. The molecule has 1 aliphatic rings. The molecule has 1 fully saturated rings. The number of hydrogen-bond donors (Lipinski definition) is 2. The molecular formula is C13H14ClF3N2O. The molecule has 2 rings (SSSR count). The quantitative estimate of drug-likeness (QED) is 0.879. The molecule has 1 amide bonds. The van der Waals surface area contributed by atoms with Gasteiger partial charge in [0, 0.05) is 0 Å². The normalized spacial score (nSPS) is 19.7. The van der Waals surface area contributed by atoms with Gasteiger partial charge in [-0.3, -0.25) is 4.79 Å². The second-order valence-electron chi connectivity index (χ2n) is 4.68. The molecule has 2 N–H and O–H groups in total. The van der Waals surface area contributed by atoms with Gasteiger partial charge < -0.3 is 10.6 Å². The Morgan fingerprint density at radius 3 is 2.65 bits per heavy atom. The summed E-state index contributed by atoms with van der Waals surface area (Å²) in [5.41, 5.74) is -0.645. The highest BCUT2D eigenvalue weighted by atomic mass is 35.5. The van der Waals surface area contributed by atoms with Crippen LogP contribution < -0.4 is 10.6 Å². The van der Waals surface area contributed by atoms with Gasteiger partial charge in [-0.25, -0.2) is 0 Å². The lowest BCUT2D eigenvalue weighted by atomic mass is 10.0. The number of halogens is 4. The molecule has 0 spiro atoms. The summed E-state index contributed by atoms with van der Waals surface area (Å²) in [6, 6.07) is 2.56. The summed E-state index contributed by atoms with van der Waals surface area (Å²) >= 11 is 5.78. The summed E-state index contributed by atoms with van der Waals surface area (Å²) in [6.07, 6.45) is -1.77. The summed E-state index contributed by atoms with van der Waals surface area (Å²) in [6.45, 7) is 0.763. The third-order valence-electron chi connectivity index (χ3n) is 3.18. The minimum absolute atomic E-state index is 0.121. The second kappa shape index (κ2) is 6.01. The number of piperidine rings is 1. The Kier molecular flexibility index (Phi) is 4.55. The van der Waals surface area contributed by atoms with Gasteiger partial charge in [0.15, 0.2) is 0 Å². The van der Waals surface area contributed by atoms with E-state index in [0.29, 0.717) is 6.42 Å². The first-order valence-electron chi connectivity index (χ1n) is 6.29. The molecule has 1 heterocycles. The fourth-order valence-electron chi connectivity index (χ4n) is 2.09. The van der Waals surface area contributed by atoms with Crippen LogP contribution in [-0.4, -0.2) is 18.5 Å². The summed E-state index contributed by atoms with van der Waals surface area (Å²) in [4.78, 5) is 11.9. The van der Waals surface area contributed by atoms with Gasteiger partial charge in [-0.05, 0) is 37.6 Å². The van der Waals surface area contributed by atoms with Crippen LogP contribution in [0.3, 0.4) is 0 Å². The minimum atomic E-state index is -4.45. The van der Waals surface area contributed by atoms with Crippen LogP contribution in [0.2, 0.25) is 5.02 Å². The van der Waals surface area contributed by atoms with Crippen LogP contribution in [0.1, 0.15) is 24.8 Å². The number of carbonyl (C=O) groups is 1. The number of anilines is 1. The van der Waals surface area contributed by atoms with E-state index >= 15 is 0 Å². The Bertz CT molecular complexity index is 499. The molecule has 0 saturated carbocycles. The van der Waals surface area contributed by atoms with Crippen LogP contribution in [0, 0.1) is 0 Å². The highest BCUT2D eigenvalue weighted by Gasteiger charge is 2.31. The lowest BCUT2D eigenvalue weighted by Crippen LogP contribution is -2.43. The fraction of sp³-hybridized carbons (Fsp3) is 0.462. The van der Waals surface area contributed by atoms with Crippen LogP contribution in [0.15, 0.2) is 18.2 Å². The monoisotopic (exact) mass is 306 g/mol. The van der Waals surface area contributed by atoms with Crippen molar-refractivity contribution in [2.24, 2.45) is 0 Å². The first-order valence-corrected chi connectivity index (χ1v) is 6.67. The third kappa shape index (κ3) is 3.64. The number of carbonyl (C=O) groups excluding carboxylic acids is 1. The lowest BCUT2D eigenvalue weighted by molar-refractivity contribution is -0.137. The maximum atomic E-state index is 12.5. The Morgan fingerprint density at radius 2 is 2.10 bits per heavy atom. The SMILES string of the molecule is O=C(Nc1ccc(C(F)(F)F)cc1Cl)C1CCCCN1. The van der Waals surface area contributed by atoms with Gasteiger partial charge in [0.25, 0.3) is 0 Å². The molecule has 1 aromatic rings. The number of amides is 1. The first-order chi connectivity index (χ1) is 9.38. The molecule has 1 atom stereocenters. The standard InChI is InChI=1S/C13H14ClF3N2O/c14-9-7-8(13(15,16)17)4-5-10(9)19-12(20)11-3-1-2-6-18-11/h4-5,7,11,18H,1-3,6H2,(H,19,20). The van der Waals surface area contributed by atoms with Crippen LogP contribution in [0.25, 0.3) is 0 Å². The molecular weight excluding hydrogens is 293 g/mol. The van der Waals surface area contributed by atoms with Gasteiger partial charge in [-0.2, -0.15) is 13.2 Å². The molecule has 20 heavy (non-hydrogen) atoms. The van der Waals surface area contributed by atoms with E-state index in [1.807, 2.05) is 0 Å². The Labute approximate surface area is 119 Å². The fourth-order valence-corrected chi connectivity index (χ4v) is 2.32. The molecule has 0 aromatic heterocycles. The molecule has 3 nitrogen and oxygen atoms in total. The van der Waals surface area contributed by atoms with Gasteiger partial charge in [0.05, 0.1) is 22.3 Å². The van der Waals surface area contributed by atoms with E-state index in [4.69, 9.17) is 11.6 Å². The Balaban J connectivity index is 2.08. The van der Waals surface area contributed by atoms with E-state index in [0.717, 1.165) is 31.5 Å². The Hall–Kier alpha value is -1.27.